The predicted molar refractivity (Wildman–Crippen MR) is 75.8 cm³/mol. The molecular formula is C14H22N2O2S. The molecule has 1 aromatic rings. The summed E-state index contributed by atoms with van der Waals surface area (Å²) >= 11 is 0. The summed E-state index contributed by atoms with van der Waals surface area (Å²) in [4.78, 5) is 0. The van der Waals surface area contributed by atoms with E-state index >= 15 is 0 Å². The summed E-state index contributed by atoms with van der Waals surface area (Å²) < 4.78 is 25.5. The number of fused-ring (bicyclic) bond motifs is 1. The summed E-state index contributed by atoms with van der Waals surface area (Å²) in [6, 6.07) is 2.27. The maximum Gasteiger partial charge on any atom is 0.152 e. The molecule has 2 heterocycles. The van der Waals surface area contributed by atoms with Crippen LogP contribution in [0.1, 0.15) is 50.0 Å². The molecule has 106 valence electrons. The van der Waals surface area contributed by atoms with Crippen LogP contribution in [-0.4, -0.2) is 24.5 Å². The molecule has 2 N–H and O–H groups in total. The van der Waals surface area contributed by atoms with Crippen molar-refractivity contribution in [2.24, 2.45) is 11.1 Å². The summed E-state index contributed by atoms with van der Waals surface area (Å²) in [5.41, 5.74) is 8.92. The van der Waals surface area contributed by atoms with Crippen LogP contribution in [0.25, 0.3) is 0 Å². The minimum Gasteiger partial charge on any atom is -0.347 e. The molecule has 19 heavy (non-hydrogen) atoms. The van der Waals surface area contributed by atoms with Gasteiger partial charge in [-0.1, -0.05) is 13.8 Å². The van der Waals surface area contributed by atoms with E-state index in [9.17, 15) is 8.42 Å². The Morgan fingerprint density at radius 1 is 1.42 bits per heavy atom. The molecule has 0 amide bonds. The Morgan fingerprint density at radius 3 is 2.79 bits per heavy atom. The van der Waals surface area contributed by atoms with Crippen molar-refractivity contribution in [1.29, 1.82) is 0 Å². The molecule has 2 atom stereocenters. The Labute approximate surface area is 114 Å². The van der Waals surface area contributed by atoms with Gasteiger partial charge in [0.1, 0.15) is 0 Å². The highest BCUT2D eigenvalue weighted by Crippen LogP contribution is 2.41. The number of rotatable bonds is 1. The van der Waals surface area contributed by atoms with E-state index in [0.717, 1.165) is 19.3 Å². The average molecular weight is 282 g/mol. The minimum atomic E-state index is -2.84. The van der Waals surface area contributed by atoms with Crippen LogP contribution in [-0.2, 0) is 16.3 Å². The third-order valence-electron chi connectivity index (χ3n) is 4.48. The van der Waals surface area contributed by atoms with Gasteiger partial charge in [0.05, 0.1) is 11.5 Å². The zero-order chi connectivity index (χ0) is 13.8. The van der Waals surface area contributed by atoms with Crippen LogP contribution in [0.3, 0.4) is 0 Å². The van der Waals surface area contributed by atoms with Crippen LogP contribution >= 0.6 is 0 Å². The molecule has 0 radical (unpaired) electrons. The zero-order valence-corrected chi connectivity index (χ0v) is 12.4. The molecule has 1 aromatic heterocycles. The topological polar surface area (TPSA) is 65.1 Å². The van der Waals surface area contributed by atoms with Crippen molar-refractivity contribution in [3.05, 3.63) is 23.5 Å². The number of hydrogen-bond donors (Lipinski definition) is 1. The minimum absolute atomic E-state index is 0.0815. The molecule has 0 saturated carbocycles. The van der Waals surface area contributed by atoms with Crippen LogP contribution in [0.2, 0.25) is 0 Å². The second kappa shape index (κ2) is 4.09. The molecule has 1 aliphatic carbocycles. The first kappa shape index (κ1) is 13.2. The Kier molecular flexibility index (Phi) is 2.84. The Hall–Kier alpha value is -0.810. The fourth-order valence-electron chi connectivity index (χ4n) is 3.59. The molecule has 2 unspecified atom stereocenters. The first-order valence-corrected chi connectivity index (χ1v) is 8.75. The van der Waals surface area contributed by atoms with Gasteiger partial charge in [0.15, 0.2) is 9.84 Å². The lowest BCUT2D eigenvalue weighted by atomic mass is 9.74. The number of nitrogens with two attached hydrogens (primary N) is 1. The van der Waals surface area contributed by atoms with E-state index in [1.807, 2.05) is 6.20 Å². The van der Waals surface area contributed by atoms with Crippen LogP contribution in [0.5, 0.6) is 0 Å². The first-order valence-electron chi connectivity index (χ1n) is 6.93. The maximum atomic E-state index is 11.7. The van der Waals surface area contributed by atoms with Crippen LogP contribution in [0, 0.1) is 5.41 Å². The van der Waals surface area contributed by atoms with Crippen molar-refractivity contribution >= 4 is 9.84 Å². The molecule has 0 bridgehead atoms. The lowest BCUT2D eigenvalue weighted by molar-refractivity contribution is 0.272. The van der Waals surface area contributed by atoms with Crippen molar-refractivity contribution in [3.63, 3.8) is 0 Å². The largest absolute Gasteiger partial charge is 0.347 e. The fourth-order valence-corrected chi connectivity index (χ4v) is 5.31. The molecule has 3 rings (SSSR count). The molecule has 2 aliphatic rings. The number of nitrogens with zero attached hydrogens (tertiary/aromatic N) is 1. The molecule has 5 heteroatoms. The molecule has 1 fully saturated rings. The fraction of sp³-hybridized carbons (Fsp3) is 0.714. The summed E-state index contributed by atoms with van der Waals surface area (Å²) in [6.07, 6.45) is 4.75. The highest BCUT2D eigenvalue weighted by molar-refractivity contribution is 7.91. The number of aromatic nitrogens is 1. The molecule has 1 aliphatic heterocycles. The monoisotopic (exact) mass is 282 g/mol. The SMILES string of the molecule is CC1(C)Cc2c(ccn2C2CCS(=O)(=O)C2)C(N)C1. The van der Waals surface area contributed by atoms with E-state index < -0.39 is 9.84 Å². The molecule has 1 saturated heterocycles. The van der Waals surface area contributed by atoms with Gasteiger partial charge in [-0.15, -0.1) is 0 Å². The van der Waals surface area contributed by atoms with E-state index in [-0.39, 0.29) is 23.3 Å². The van der Waals surface area contributed by atoms with E-state index in [0.29, 0.717) is 5.75 Å². The second-order valence-electron chi connectivity index (χ2n) is 6.83. The Balaban J connectivity index is 1.98. The lowest BCUT2D eigenvalue weighted by Crippen LogP contribution is -2.31. The highest BCUT2D eigenvalue weighted by Gasteiger charge is 2.36. The molecule has 0 aromatic carbocycles. The van der Waals surface area contributed by atoms with Crippen molar-refractivity contribution in [2.45, 2.75) is 45.2 Å². The van der Waals surface area contributed by atoms with Crippen LogP contribution in [0.15, 0.2) is 12.3 Å². The zero-order valence-electron chi connectivity index (χ0n) is 11.6. The van der Waals surface area contributed by atoms with Crippen molar-refractivity contribution in [2.75, 3.05) is 11.5 Å². The van der Waals surface area contributed by atoms with E-state index in [1.54, 1.807) is 0 Å². The third-order valence-corrected chi connectivity index (χ3v) is 6.23. The Morgan fingerprint density at radius 2 is 2.16 bits per heavy atom. The standard InChI is InChI=1S/C14H22N2O2S/c1-14(2)7-12(15)11-3-5-16(13(11)8-14)10-4-6-19(17,18)9-10/h3,5,10,12H,4,6-9,15H2,1-2H3. The van der Waals surface area contributed by atoms with E-state index in [1.165, 1.54) is 11.3 Å². The highest BCUT2D eigenvalue weighted by atomic mass is 32.2. The van der Waals surface area contributed by atoms with Crippen molar-refractivity contribution in [3.8, 4) is 0 Å². The molecular weight excluding hydrogens is 260 g/mol. The predicted octanol–water partition coefficient (Wildman–Crippen LogP) is 1.82. The van der Waals surface area contributed by atoms with Gasteiger partial charge in [-0.25, -0.2) is 8.42 Å². The van der Waals surface area contributed by atoms with Gasteiger partial charge in [-0.3, -0.25) is 0 Å². The van der Waals surface area contributed by atoms with Crippen molar-refractivity contribution < 1.29 is 8.42 Å². The maximum absolute atomic E-state index is 11.7. The summed E-state index contributed by atoms with van der Waals surface area (Å²) in [6.45, 7) is 4.47. The van der Waals surface area contributed by atoms with Gasteiger partial charge in [0.25, 0.3) is 0 Å². The normalized spacial score (nSPS) is 32.2. The number of hydrogen-bond acceptors (Lipinski definition) is 3. The van der Waals surface area contributed by atoms with Gasteiger partial charge in [-0.05, 0) is 36.3 Å². The smallest absolute Gasteiger partial charge is 0.152 e. The average Bonchev–Trinajstić information content (AvgIpc) is 2.79. The van der Waals surface area contributed by atoms with E-state index in [4.69, 9.17) is 5.73 Å². The van der Waals surface area contributed by atoms with Gasteiger partial charge in [0.2, 0.25) is 0 Å². The first-order chi connectivity index (χ1) is 8.77. The van der Waals surface area contributed by atoms with Crippen LogP contribution in [0.4, 0.5) is 0 Å². The number of sulfone groups is 1. The summed E-state index contributed by atoms with van der Waals surface area (Å²) in [5, 5.41) is 0. The van der Waals surface area contributed by atoms with Gasteiger partial charge in [0, 0.05) is 24.0 Å². The van der Waals surface area contributed by atoms with Gasteiger partial charge >= 0.3 is 0 Å². The lowest BCUT2D eigenvalue weighted by Gasteiger charge is -2.35. The summed E-state index contributed by atoms with van der Waals surface area (Å²) in [7, 11) is -2.84. The van der Waals surface area contributed by atoms with E-state index in [2.05, 4.69) is 24.5 Å². The molecule has 0 spiro atoms. The van der Waals surface area contributed by atoms with Gasteiger partial charge < -0.3 is 10.3 Å². The molecule has 4 nitrogen and oxygen atoms in total. The third kappa shape index (κ3) is 2.34. The van der Waals surface area contributed by atoms with Crippen LogP contribution < -0.4 is 5.73 Å². The van der Waals surface area contributed by atoms with Gasteiger partial charge in [-0.2, -0.15) is 0 Å². The summed E-state index contributed by atoms with van der Waals surface area (Å²) in [5.74, 6) is 0.601. The quantitative estimate of drug-likeness (QED) is 0.854. The second-order valence-corrected chi connectivity index (χ2v) is 9.06. The van der Waals surface area contributed by atoms with Crippen molar-refractivity contribution in [1.82, 2.24) is 4.57 Å². The Bertz CT molecular complexity index is 601.